The molecule has 13 heteroatoms. The van der Waals surface area contributed by atoms with E-state index >= 15 is 0 Å². The average molecular weight is 658 g/mol. The molecular weight excluding hydrogens is 614 g/mol. The Hall–Kier alpha value is -2.94. The summed E-state index contributed by atoms with van der Waals surface area (Å²) in [6, 6.07) is 7.79. The zero-order valence-electron chi connectivity index (χ0n) is 27.4. The molecule has 13 nitrogen and oxygen atoms in total. The minimum absolute atomic E-state index is 0.00974. The van der Waals surface area contributed by atoms with E-state index in [1.54, 1.807) is 57.9 Å². The molecule has 15 atom stereocenters. The Kier molecular flexibility index (Phi) is 7.66. The summed E-state index contributed by atoms with van der Waals surface area (Å²) in [7, 11) is 6.07. The Balaban J connectivity index is 1.50. The van der Waals surface area contributed by atoms with E-state index in [1.807, 2.05) is 0 Å². The minimum atomic E-state index is -1.88. The topological polar surface area (TPSA) is 169 Å². The van der Waals surface area contributed by atoms with Gasteiger partial charge >= 0.3 is 17.9 Å². The summed E-state index contributed by atoms with van der Waals surface area (Å²) in [5.41, 5.74) is -5.30. The van der Waals surface area contributed by atoms with Crippen molar-refractivity contribution >= 4 is 24.1 Å². The van der Waals surface area contributed by atoms with Gasteiger partial charge in [-0.05, 0) is 24.5 Å². The maximum atomic E-state index is 13.7. The Morgan fingerprint density at radius 3 is 2.23 bits per heavy atom. The summed E-state index contributed by atoms with van der Waals surface area (Å²) in [5, 5.41) is 25.1. The normalized spacial score (nSPS) is 48.1. The van der Waals surface area contributed by atoms with Crippen LogP contribution in [0.5, 0.6) is 0 Å². The molecule has 7 rings (SSSR count). The first-order chi connectivity index (χ1) is 22.4. The van der Waals surface area contributed by atoms with Crippen LogP contribution >= 0.6 is 0 Å². The Morgan fingerprint density at radius 2 is 1.64 bits per heavy atom. The number of hydrogen-bond donors (Lipinski definition) is 2. The minimum Gasteiger partial charge on any atom is -0.461 e. The van der Waals surface area contributed by atoms with Crippen molar-refractivity contribution < 1.29 is 57.8 Å². The summed E-state index contributed by atoms with van der Waals surface area (Å²) in [5.74, 6) is -4.64. The number of aliphatic hydroxyl groups excluding tert-OH is 1. The highest BCUT2D eigenvalue weighted by molar-refractivity contribution is 5.89. The van der Waals surface area contributed by atoms with Crippen LogP contribution in [0.25, 0.3) is 0 Å². The van der Waals surface area contributed by atoms with Crippen LogP contribution in [0.4, 0.5) is 0 Å². The van der Waals surface area contributed by atoms with Crippen molar-refractivity contribution in [2.75, 3.05) is 35.0 Å². The first kappa shape index (κ1) is 32.6. The number of carbonyl (C=O) groups excluding carboxylic acids is 3. The second kappa shape index (κ2) is 11.0. The zero-order chi connectivity index (χ0) is 33.7. The summed E-state index contributed by atoms with van der Waals surface area (Å²) in [6.07, 6.45) is -4.06. The van der Waals surface area contributed by atoms with Crippen molar-refractivity contribution in [1.29, 1.82) is 0 Å². The van der Waals surface area contributed by atoms with E-state index in [0.717, 1.165) is 0 Å². The van der Waals surface area contributed by atoms with Gasteiger partial charge in [-0.25, -0.2) is 4.79 Å². The predicted octanol–water partition coefficient (Wildman–Crippen LogP) is 0.968. The third-order valence-corrected chi connectivity index (χ3v) is 12.5. The van der Waals surface area contributed by atoms with Crippen LogP contribution in [0, 0.1) is 34.5 Å². The lowest BCUT2D eigenvalue weighted by molar-refractivity contribution is -0.305. The lowest BCUT2D eigenvalue weighted by atomic mass is 9.43. The molecule has 256 valence electrons. The maximum absolute atomic E-state index is 13.7. The van der Waals surface area contributed by atoms with Gasteiger partial charge in [-0.1, -0.05) is 18.2 Å². The molecule has 7 bridgehead atoms. The molecule has 1 aliphatic heterocycles. The van der Waals surface area contributed by atoms with Gasteiger partial charge in [0.1, 0.15) is 30.0 Å². The summed E-state index contributed by atoms with van der Waals surface area (Å²) < 4.78 is 43.0. The molecule has 2 N–H and O–H groups in total. The van der Waals surface area contributed by atoms with Crippen LogP contribution in [-0.2, 0) is 42.7 Å². The lowest BCUT2D eigenvalue weighted by Gasteiger charge is -2.65. The number of fused-ring (bicyclic) bond motifs is 2. The van der Waals surface area contributed by atoms with E-state index in [2.05, 4.69) is 0 Å². The first-order valence-corrected chi connectivity index (χ1v) is 16.1. The summed E-state index contributed by atoms with van der Waals surface area (Å²) in [4.78, 5) is 44.6. The van der Waals surface area contributed by atoms with Gasteiger partial charge in [-0.15, -0.1) is 0 Å². The molecule has 0 aromatic heterocycles. The Bertz CT molecular complexity index is 1470. The number of hydrogen-bond acceptors (Lipinski definition) is 13. The smallest absolute Gasteiger partial charge is 0.338 e. The predicted molar refractivity (Wildman–Crippen MR) is 161 cm³/mol. The first-order valence-electron chi connectivity index (χ1n) is 16.1. The van der Waals surface area contributed by atoms with Crippen LogP contribution in [0.3, 0.4) is 0 Å². The number of aliphatic imine (C=N–C) groups is 1. The molecule has 6 aliphatic rings. The highest BCUT2D eigenvalue weighted by atomic mass is 16.6. The Morgan fingerprint density at radius 1 is 0.915 bits per heavy atom. The molecule has 0 amide bonds. The number of esters is 3. The highest BCUT2D eigenvalue weighted by Crippen LogP contribution is 2.80. The van der Waals surface area contributed by atoms with Gasteiger partial charge < -0.3 is 43.4 Å². The number of rotatable bonds is 9. The number of nitrogens with zero attached hydrogens (tertiary/aromatic N) is 1. The molecular formula is C34H43NO12. The van der Waals surface area contributed by atoms with Crippen molar-refractivity contribution in [3.05, 3.63) is 35.9 Å². The van der Waals surface area contributed by atoms with Gasteiger partial charge in [-0.2, -0.15) is 0 Å². The average Bonchev–Trinajstić information content (AvgIpc) is 3.39. The van der Waals surface area contributed by atoms with Crippen LogP contribution in [0.15, 0.2) is 35.3 Å². The van der Waals surface area contributed by atoms with Crippen molar-refractivity contribution in [1.82, 2.24) is 0 Å². The zero-order valence-corrected chi connectivity index (χ0v) is 27.4. The van der Waals surface area contributed by atoms with Crippen LogP contribution in [0.1, 0.15) is 37.0 Å². The SMILES string of the molecule is COC[C@]12C=N[C@@H]3[C@@H]4[C@H](OC)[C@H]1[C@@]3([C@@H](OC)CC2OC(C)=O)[C@@H]1C[C@]2(O)[C@H](OC(=O)c3ccccc3)[C@@H]1[C@]4(OC(C)=O)[C@@H](O)[C@@H]2OC. The van der Waals surface area contributed by atoms with E-state index in [9.17, 15) is 24.6 Å². The van der Waals surface area contributed by atoms with Gasteiger partial charge in [0.15, 0.2) is 5.60 Å². The lowest BCUT2D eigenvalue weighted by Crippen LogP contribution is -2.78. The fourth-order valence-electron chi connectivity index (χ4n) is 11.6. The largest absolute Gasteiger partial charge is 0.461 e. The van der Waals surface area contributed by atoms with Crippen molar-refractivity contribution in [2.24, 2.45) is 39.5 Å². The van der Waals surface area contributed by atoms with Gasteiger partial charge in [-0.3, -0.25) is 14.6 Å². The number of methoxy groups -OCH3 is 4. The van der Waals surface area contributed by atoms with Crippen LogP contribution < -0.4 is 0 Å². The van der Waals surface area contributed by atoms with Crippen molar-refractivity contribution in [3.8, 4) is 0 Å². The monoisotopic (exact) mass is 657 g/mol. The molecule has 0 radical (unpaired) electrons. The Labute approximate surface area is 272 Å². The van der Waals surface area contributed by atoms with Crippen LogP contribution in [0.2, 0.25) is 0 Å². The molecule has 1 heterocycles. The molecule has 1 spiro atoms. The molecule has 1 aromatic rings. The molecule has 5 fully saturated rings. The molecule has 1 aromatic carbocycles. The second-order valence-electron chi connectivity index (χ2n) is 14.1. The summed E-state index contributed by atoms with van der Waals surface area (Å²) >= 11 is 0. The van der Waals surface area contributed by atoms with E-state index in [-0.39, 0.29) is 25.0 Å². The van der Waals surface area contributed by atoms with Gasteiger partial charge in [0.25, 0.3) is 0 Å². The van der Waals surface area contributed by atoms with Gasteiger partial charge in [0, 0.05) is 72.2 Å². The third-order valence-electron chi connectivity index (χ3n) is 12.5. The molecule has 47 heavy (non-hydrogen) atoms. The van der Waals surface area contributed by atoms with Gasteiger partial charge in [0.05, 0.1) is 41.8 Å². The number of ether oxygens (including phenoxy) is 7. The molecule has 5 saturated carbocycles. The molecule has 0 saturated heterocycles. The fourth-order valence-corrected chi connectivity index (χ4v) is 11.6. The number of benzene rings is 1. The maximum Gasteiger partial charge on any atom is 0.338 e. The number of carbonyl (C=O) groups is 3. The fraction of sp³-hybridized carbons (Fsp3) is 0.706. The van der Waals surface area contributed by atoms with Crippen molar-refractivity contribution in [3.63, 3.8) is 0 Å². The van der Waals surface area contributed by atoms with E-state index in [4.69, 9.17) is 38.2 Å². The van der Waals surface area contributed by atoms with Crippen LogP contribution in [-0.4, -0.2) is 123 Å². The van der Waals surface area contributed by atoms with E-state index < -0.39 is 106 Å². The van der Waals surface area contributed by atoms with E-state index in [1.165, 1.54) is 21.0 Å². The molecule has 1 unspecified atom stereocenters. The number of aliphatic hydroxyl groups is 2. The standard InChI is InChI=1S/C34H43NO12/c1-16(36)45-20-12-21(42-4)33-19-13-32(40)28(46-30(39)18-10-8-7-9-11-18)22(19)34(47-17(2)37,27(38)29(32)44-6)23-24(43-5)25(33)31(20,15-41-3)14-35-26(23)33/h7-11,14,19-29,38,40H,12-13,15H2,1-6H3/t19-,20?,21+,22-,23+,24+,25-,26-,27+,28-,29+,31+,32+,33+,34-/m1/s1. The van der Waals surface area contributed by atoms with E-state index in [0.29, 0.717) is 0 Å². The third kappa shape index (κ3) is 3.86. The van der Waals surface area contributed by atoms with Gasteiger partial charge in [0.2, 0.25) is 0 Å². The summed E-state index contributed by atoms with van der Waals surface area (Å²) in [6.45, 7) is 2.73. The van der Waals surface area contributed by atoms with Crippen molar-refractivity contribution in [2.45, 2.75) is 80.6 Å². The second-order valence-corrected chi connectivity index (χ2v) is 14.1. The quantitative estimate of drug-likeness (QED) is 0.286. The highest BCUT2D eigenvalue weighted by Gasteiger charge is 2.91. The molecule has 5 aliphatic carbocycles.